The maximum atomic E-state index is 3.61. The molecule has 0 radical (unpaired) electrons. The fourth-order valence-corrected chi connectivity index (χ4v) is 4.85. The molecule has 96 valence electrons. The van der Waals surface area contributed by atoms with Gasteiger partial charge in [0.15, 0.2) is 0 Å². The Labute approximate surface area is 125 Å². The molecule has 0 aromatic carbocycles. The van der Waals surface area contributed by atoms with Crippen LogP contribution in [0.2, 0.25) is 0 Å². The molecule has 1 nitrogen and oxygen atoms in total. The molecule has 0 bridgehead atoms. The molecule has 1 aliphatic carbocycles. The zero-order valence-electron chi connectivity index (χ0n) is 9.98. The normalized spacial score (nSPS) is 15.4. The zero-order chi connectivity index (χ0) is 12.1. The molecule has 1 heterocycles. The van der Waals surface area contributed by atoms with Crippen LogP contribution in [0.4, 0.5) is 0 Å². The van der Waals surface area contributed by atoms with Crippen LogP contribution in [0.3, 0.4) is 0 Å². The molecule has 1 aromatic heterocycles. The third kappa shape index (κ3) is 5.41. The van der Waals surface area contributed by atoms with Crippen LogP contribution in [-0.2, 0) is 6.42 Å². The molecule has 0 atom stereocenters. The third-order valence-corrected chi connectivity index (χ3v) is 5.57. The summed E-state index contributed by atoms with van der Waals surface area (Å²) in [6, 6.07) is 3.11. The van der Waals surface area contributed by atoms with Crippen molar-refractivity contribution in [3.63, 3.8) is 0 Å². The van der Waals surface area contributed by atoms with Gasteiger partial charge < -0.3 is 5.32 Å². The molecular weight excluding hydrogens is 362 g/mol. The highest BCUT2D eigenvalue weighted by molar-refractivity contribution is 9.12. The van der Waals surface area contributed by atoms with Crippen LogP contribution in [0.15, 0.2) is 13.6 Å². The third-order valence-electron chi connectivity index (χ3n) is 3.11. The largest absolute Gasteiger partial charge is 0.314 e. The first-order chi connectivity index (χ1) is 8.25. The molecule has 1 aliphatic rings. The number of hydrogen-bond acceptors (Lipinski definition) is 2. The van der Waals surface area contributed by atoms with Crippen LogP contribution in [0.25, 0.3) is 0 Å². The number of aryl methyl sites for hydroxylation is 1. The molecule has 0 saturated heterocycles. The van der Waals surface area contributed by atoms with E-state index in [1.807, 2.05) is 0 Å². The van der Waals surface area contributed by atoms with Crippen molar-refractivity contribution in [2.24, 2.45) is 0 Å². The van der Waals surface area contributed by atoms with Gasteiger partial charge in [-0.25, -0.2) is 0 Å². The van der Waals surface area contributed by atoms with Crippen molar-refractivity contribution in [3.8, 4) is 0 Å². The maximum Gasteiger partial charge on any atom is 0.0742 e. The molecule has 1 N–H and O–H groups in total. The number of halogens is 2. The predicted molar refractivity (Wildman–Crippen MR) is 82.9 cm³/mol. The maximum absolute atomic E-state index is 3.61. The standard InChI is InChI=1S/C13H19Br2NS/c14-12-9-10(13(15)17-12)5-3-1-2-4-8-16-11-6-7-11/h9,11,16H,1-8H2. The number of rotatable bonds is 8. The van der Waals surface area contributed by atoms with Gasteiger partial charge in [0.2, 0.25) is 0 Å². The Hall–Kier alpha value is 0.620. The lowest BCUT2D eigenvalue weighted by Crippen LogP contribution is -2.17. The van der Waals surface area contributed by atoms with E-state index in [4.69, 9.17) is 0 Å². The predicted octanol–water partition coefficient (Wildman–Crippen LogP) is 5.13. The fourth-order valence-electron chi connectivity index (χ4n) is 1.93. The zero-order valence-corrected chi connectivity index (χ0v) is 14.0. The van der Waals surface area contributed by atoms with E-state index in [9.17, 15) is 0 Å². The Morgan fingerprint density at radius 2 is 1.94 bits per heavy atom. The monoisotopic (exact) mass is 379 g/mol. The quantitative estimate of drug-likeness (QED) is 0.616. The highest BCUT2D eigenvalue weighted by Crippen LogP contribution is 2.32. The molecule has 0 amide bonds. The Kier molecular flexibility index (Phi) is 6.00. The summed E-state index contributed by atoms with van der Waals surface area (Å²) < 4.78 is 2.52. The summed E-state index contributed by atoms with van der Waals surface area (Å²) in [4.78, 5) is 0. The second-order valence-electron chi connectivity index (χ2n) is 4.74. The smallest absolute Gasteiger partial charge is 0.0742 e. The molecule has 2 rings (SSSR count). The molecule has 1 aromatic rings. The Morgan fingerprint density at radius 1 is 1.18 bits per heavy atom. The molecular formula is C13H19Br2NS. The molecule has 0 unspecified atom stereocenters. The second kappa shape index (κ2) is 7.27. The molecule has 1 saturated carbocycles. The van der Waals surface area contributed by atoms with Crippen molar-refractivity contribution < 1.29 is 0 Å². The van der Waals surface area contributed by atoms with E-state index < -0.39 is 0 Å². The highest BCUT2D eigenvalue weighted by atomic mass is 79.9. The summed E-state index contributed by atoms with van der Waals surface area (Å²) >= 11 is 8.91. The van der Waals surface area contributed by atoms with Crippen molar-refractivity contribution >= 4 is 43.2 Å². The van der Waals surface area contributed by atoms with Crippen LogP contribution >= 0.6 is 43.2 Å². The van der Waals surface area contributed by atoms with Crippen LogP contribution in [0.1, 0.15) is 44.1 Å². The van der Waals surface area contributed by atoms with Gasteiger partial charge in [-0.05, 0) is 82.1 Å². The number of thiophene rings is 1. The van der Waals surface area contributed by atoms with E-state index in [-0.39, 0.29) is 0 Å². The van der Waals surface area contributed by atoms with Gasteiger partial charge in [-0.2, -0.15) is 0 Å². The molecule has 1 fully saturated rings. The van der Waals surface area contributed by atoms with E-state index >= 15 is 0 Å². The average Bonchev–Trinajstić information content (AvgIpc) is 3.04. The SMILES string of the molecule is Brc1cc(CCCCCCNC2CC2)c(Br)s1. The van der Waals surface area contributed by atoms with E-state index in [0.717, 1.165) is 6.04 Å². The van der Waals surface area contributed by atoms with Crippen LogP contribution in [0.5, 0.6) is 0 Å². The summed E-state index contributed by atoms with van der Waals surface area (Å²) in [7, 11) is 0. The van der Waals surface area contributed by atoms with Crippen LogP contribution in [-0.4, -0.2) is 12.6 Å². The van der Waals surface area contributed by atoms with Crippen molar-refractivity contribution in [1.29, 1.82) is 0 Å². The van der Waals surface area contributed by atoms with Gasteiger partial charge in [0.25, 0.3) is 0 Å². The summed E-state index contributed by atoms with van der Waals surface area (Å²) in [5, 5.41) is 3.57. The summed E-state index contributed by atoms with van der Waals surface area (Å²) in [6.45, 7) is 1.22. The summed E-state index contributed by atoms with van der Waals surface area (Å²) in [6.07, 6.45) is 9.38. The molecule has 17 heavy (non-hydrogen) atoms. The van der Waals surface area contributed by atoms with Gasteiger partial charge in [0.1, 0.15) is 0 Å². The first-order valence-corrected chi connectivity index (χ1v) is 8.83. The number of unbranched alkanes of at least 4 members (excludes halogenated alkanes) is 3. The molecule has 0 spiro atoms. The lowest BCUT2D eigenvalue weighted by Gasteiger charge is -2.03. The van der Waals surface area contributed by atoms with E-state index in [2.05, 4.69) is 43.2 Å². The molecule has 4 heteroatoms. The van der Waals surface area contributed by atoms with Crippen LogP contribution < -0.4 is 5.32 Å². The lowest BCUT2D eigenvalue weighted by molar-refractivity contribution is 0.585. The van der Waals surface area contributed by atoms with Crippen molar-refractivity contribution in [2.75, 3.05) is 6.54 Å². The molecule has 0 aliphatic heterocycles. The Bertz CT molecular complexity index is 347. The van der Waals surface area contributed by atoms with Crippen molar-refractivity contribution in [3.05, 3.63) is 19.2 Å². The first kappa shape index (κ1) is 14.0. The van der Waals surface area contributed by atoms with Crippen LogP contribution in [0, 0.1) is 0 Å². The Morgan fingerprint density at radius 3 is 2.59 bits per heavy atom. The summed E-state index contributed by atoms with van der Waals surface area (Å²) in [5.74, 6) is 0. The average molecular weight is 381 g/mol. The number of hydrogen-bond donors (Lipinski definition) is 1. The number of nitrogens with one attached hydrogen (secondary N) is 1. The van der Waals surface area contributed by atoms with Crippen molar-refractivity contribution in [1.82, 2.24) is 5.32 Å². The van der Waals surface area contributed by atoms with Gasteiger partial charge in [-0.1, -0.05) is 12.8 Å². The fraction of sp³-hybridized carbons (Fsp3) is 0.692. The van der Waals surface area contributed by atoms with Gasteiger partial charge in [-0.3, -0.25) is 0 Å². The lowest BCUT2D eigenvalue weighted by atomic mass is 10.1. The minimum atomic E-state index is 0.870. The van der Waals surface area contributed by atoms with E-state index in [0.29, 0.717) is 0 Å². The summed E-state index contributed by atoms with van der Waals surface area (Å²) in [5.41, 5.74) is 1.46. The highest BCUT2D eigenvalue weighted by Gasteiger charge is 2.19. The first-order valence-electron chi connectivity index (χ1n) is 6.43. The minimum absolute atomic E-state index is 0.870. The van der Waals surface area contributed by atoms with Gasteiger partial charge >= 0.3 is 0 Å². The van der Waals surface area contributed by atoms with Gasteiger partial charge in [0.05, 0.1) is 7.57 Å². The minimum Gasteiger partial charge on any atom is -0.314 e. The van der Waals surface area contributed by atoms with Crippen molar-refractivity contribution in [2.45, 2.75) is 51.0 Å². The van der Waals surface area contributed by atoms with E-state index in [1.165, 1.54) is 64.6 Å². The second-order valence-corrected chi connectivity index (χ2v) is 8.49. The Balaban J connectivity index is 1.49. The van der Waals surface area contributed by atoms with Gasteiger partial charge in [-0.15, -0.1) is 11.3 Å². The van der Waals surface area contributed by atoms with E-state index in [1.54, 1.807) is 11.3 Å². The topological polar surface area (TPSA) is 12.0 Å². The van der Waals surface area contributed by atoms with Gasteiger partial charge in [0, 0.05) is 6.04 Å².